The van der Waals surface area contributed by atoms with Crippen LogP contribution in [-0.4, -0.2) is 24.9 Å². The van der Waals surface area contributed by atoms with Gasteiger partial charge in [-0.15, -0.1) is 0 Å². The minimum absolute atomic E-state index is 0.0967. The number of ether oxygens (including phenoxy) is 2. The number of hydrogen-bond donors (Lipinski definition) is 1. The Bertz CT molecular complexity index is 2980. The quantitative estimate of drug-likeness (QED) is 0.142. The van der Waals surface area contributed by atoms with Crippen molar-refractivity contribution in [2.45, 2.75) is 16.7 Å². The number of aliphatic hydroxyl groups is 1. The molecule has 0 bridgehead atoms. The van der Waals surface area contributed by atoms with Gasteiger partial charge in [0.15, 0.2) is 0 Å². The van der Waals surface area contributed by atoms with E-state index >= 15 is 0 Å². The number of benzene rings is 10. The van der Waals surface area contributed by atoms with E-state index in [-0.39, 0.29) is 13.2 Å². The van der Waals surface area contributed by atoms with E-state index in [1.807, 2.05) is 0 Å². The Balaban J connectivity index is 1.26. The highest BCUT2D eigenvalue weighted by Crippen LogP contribution is 2.50. The molecule has 0 aromatic heterocycles. The van der Waals surface area contributed by atoms with Gasteiger partial charge in [0.1, 0.15) is 18.1 Å². The number of fused-ring (bicyclic) bond motifs is 4. The molecule has 0 radical (unpaired) electrons. The predicted octanol–water partition coefficient (Wildman–Crippen LogP) is 14.9. The van der Waals surface area contributed by atoms with Crippen molar-refractivity contribution in [3.63, 3.8) is 0 Å². The molecule has 60 heavy (non-hydrogen) atoms. The van der Waals surface area contributed by atoms with Crippen LogP contribution in [0.15, 0.2) is 204 Å². The van der Waals surface area contributed by atoms with Crippen LogP contribution >= 0.6 is 11.8 Å². The zero-order valence-corrected chi connectivity index (χ0v) is 34.1. The van der Waals surface area contributed by atoms with E-state index in [4.69, 9.17) is 9.47 Å². The molecule has 0 aliphatic heterocycles. The fourth-order valence-electron chi connectivity index (χ4n) is 8.70. The fourth-order valence-corrected chi connectivity index (χ4v) is 9.68. The summed E-state index contributed by atoms with van der Waals surface area (Å²) in [6.07, 6.45) is 0. The predicted molar refractivity (Wildman–Crippen MR) is 253 cm³/mol. The molecule has 10 aromatic carbocycles. The monoisotopic (exact) mass is 794 g/mol. The smallest absolute Gasteiger partial charge is 0.135 e. The fraction of sp³-hybridized carbons (Fsp3) is 0.0714. The van der Waals surface area contributed by atoms with Crippen LogP contribution in [0.4, 0.5) is 0 Å². The maximum atomic E-state index is 10.1. The second-order valence-corrected chi connectivity index (χ2v) is 16.1. The van der Waals surface area contributed by atoms with Gasteiger partial charge in [-0.05, 0) is 96.5 Å². The first-order valence-corrected chi connectivity index (χ1v) is 21.3. The summed E-state index contributed by atoms with van der Waals surface area (Å²) < 4.78 is 13.4. The highest BCUT2D eigenvalue weighted by atomic mass is 32.2. The molecule has 10 aromatic rings. The second-order valence-electron chi connectivity index (χ2n) is 14.9. The SMILES string of the molecule is CCOc1c(-c2cccc3ccccc23)cc(Sc2cc(-c3cccc4ccccc34)c(OCCO)c(-c3cccc4ccccc34)c2)cc1-c1cccc2ccccc12. The first kappa shape index (κ1) is 37.4. The Morgan fingerprint density at radius 2 is 0.667 bits per heavy atom. The molecule has 3 nitrogen and oxygen atoms in total. The number of hydrogen-bond acceptors (Lipinski definition) is 4. The molecule has 290 valence electrons. The van der Waals surface area contributed by atoms with Gasteiger partial charge in [-0.25, -0.2) is 0 Å². The Morgan fingerprint density at radius 1 is 0.367 bits per heavy atom. The lowest BCUT2D eigenvalue weighted by molar-refractivity contribution is 0.202. The van der Waals surface area contributed by atoms with Crippen molar-refractivity contribution < 1.29 is 14.6 Å². The maximum absolute atomic E-state index is 10.1. The van der Waals surface area contributed by atoms with E-state index < -0.39 is 0 Å². The Morgan fingerprint density at radius 3 is 0.983 bits per heavy atom. The molecule has 0 aliphatic carbocycles. The molecule has 0 atom stereocenters. The average Bonchev–Trinajstić information content (AvgIpc) is 3.30. The Labute approximate surface area is 354 Å². The molecule has 1 N–H and O–H groups in total. The lowest BCUT2D eigenvalue weighted by Gasteiger charge is -2.22. The van der Waals surface area contributed by atoms with Crippen LogP contribution < -0.4 is 9.47 Å². The third kappa shape index (κ3) is 6.94. The molecule has 0 aliphatic rings. The van der Waals surface area contributed by atoms with Crippen LogP contribution in [0.3, 0.4) is 0 Å². The van der Waals surface area contributed by atoms with E-state index in [9.17, 15) is 5.11 Å². The van der Waals surface area contributed by atoms with E-state index in [2.05, 4.69) is 201 Å². The number of aliphatic hydroxyl groups excluding tert-OH is 1. The molecule has 0 spiro atoms. The molecule has 10 rings (SSSR count). The van der Waals surface area contributed by atoms with E-state index in [1.54, 1.807) is 11.8 Å². The lowest BCUT2D eigenvalue weighted by Crippen LogP contribution is -2.05. The molecular formula is C56H42O3S. The molecular weight excluding hydrogens is 753 g/mol. The van der Waals surface area contributed by atoms with Crippen LogP contribution in [0.2, 0.25) is 0 Å². The zero-order valence-electron chi connectivity index (χ0n) is 33.3. The van der Waals surface area contributed by atoms with Crippen LogP contribution in [0.5, 0.6) is 11.5 Å². The summed E-state index contributed by atoms with van der Waals surface area (Å²) in [6.45, 7) is 2.66. The van der Waals surface area contributed by atoms with Gasteiger partial charge >= 0.3 is 0 Å². The second kappa shape index (κ2) is 16.4. The summed E-state index contributed by atoms with van der Waals surface area (Å²) in [6, 6.07) is 69.3. The lowest BCUT2D eigenvalue weighted by atomic mass is 9.92. The minimum atomic E-state index is -0.0967. The Kier molecular flexibility index (Phi) is 10.2. The highest BCUT2D eigenvalue weighted by molar-refractivity contribution is 7.99. The minimum Gasteiger partial charge on any atom is -0.493 e. The largest absolute Gasteiger partial charge is 0.493 e. The van der Waals surface area contributed by atoms with Crippen LogP contribution in [0, 0.1) is 0 Å². The summed E-state index contributed by atoms with van der Waals surface area (Å²) in [7, 11) is 0. The highest BCUT2D eigenvalue weighted by Gasteiger charge is 2.23. The molecule has 0 saturated heterocycles. The van der Waals surface area contributed by atoms with Crippen molar-refractivity contribution >= 4 is 54.9 Å². The molecule has 0 amide bonds. The van der Waals surface area contributed by atoms with Crippen LogP contribution in [0.1, 0.15) is 6.92 Å². The standard InChI is InChI=1S/C56H42O3S/c1-2-58-55-51(47-27-11-19-37-15-3-7-23-43(37)47)33-41(34-52(55)48-28-12-20-38-16-4-8-24-44(38)48)60-42-35-53(49-29-13-21-39-17-5-9-25-45(39)49)56(59-32-31-57)54(36-42)50-30-14-22-40-18-6-10-26-46(40)50/h3-30,33-36,57H,2,31-32H2,1H3. The molecule has 4 heteroatoms. The van der Waals surface area contributed by atoms with Gasteiger partial charge in [0.25, 0.3) is 0 Å². The van der Waals surface area contributed by atoms with Crippen LogP contribution in [-0.2, 0) is 0 Å². The van der Waals surface area contributed by atoms with Crippen molar-refractivity contribution in [3.05, 3.63) is 194 Å². The van der Waals surface area contributed by atoms with E-state index in [0.29, 0.717) is 6.61 Å². The first-order valence-electron chi connectivity index (χ1n) is 20.5. The van der Waals surface area contributed by atoms with Crippen molar-refractivity contribution in [1.29, 1.82) is 0 Å². The topological polar surface area (TPSA) is 38.7 Å². The average molecular weight is 795 g/mol. The van der Waals surface area contributed by atoms with Crippen molar-refractivity contribution in [3.8, 4) is 56.0 Å². The summed E-state index contributed by atoms with van der Waals surface area (Å²) in [5, 5.41) is 19.4. The van der Waals surface area contributed by atoms with Crippen molar-refractivity contribution in [1.82, 2.24) is 0 Å². The van der Waals surface area contributed by atoms with Gasteiger partial charge in [0, 0.05) is 32.0 Å². The normalized spacial score (nSPS) is 11.4. The molecule has 0 fully saturated rings. The zero-order chi connectivity index (χ0) is 40.4. The van der Waals surface area contributed by atoms with Gasteiger partial charge in [-0.3, -0.25) is 0 Å². The first-order chi connectivity index (χ1) is 29.7. The van der Waals surface area contributed by atoms with Gasteiger partial charge in [-0.2, -0.15) is 0 Å². The van der Waals surface area contributed by atoms with Crippen molar-refractivity contribution in [2.75, 3.05) is 19.8 Å². The van der Waals surface area contributed by atoms with Gasteiger partial charge in [0.2, 0.25) is 0 Å². The molecule has 0 saturated carbocycles. The number of rotatable bonds is 11. The third-order valence-corrected chi connectivity index (χ3v) is 12.2. The molecule has 0 unspecified atom stereocenters. The third-order valence-electron chi connectivity index (χ3n) is 11.3. The van der Waals surface area contributed by atoms with E-state index in [0.717, 1.165) is 87.3 Å². The summed E-state index contributed by atoms with van der Waals surface area (Å²) in [4.78, 5) is 2.15. The van der Waals surface area contributed by atoms with Gasteiger partial charge in [-0.1, -0.05) is 182 Å². The van der Waals surface area contributed by atoms with E-state index in [1.165, 1.54) is 21.5 Å². The van der Waals surface area contributed by atoms with Crippen LogP contribution in [0.25, 0.3) is 87.6 Å². The maximum Gasteiger partial charge on any atom is 0.135 e. The van der Waals surface area contributed by atoms with Crippen molar-refractivity contribution in [2.24, 2.45) is 0 Å². The van der Waals surface area contributed by atoms with Gasteiger partial charge < -0.3 is 14.6 Å². The Hall–Kier alpha value is -6.85. The summed E-state index contributed by atoms with van der Waals surface area (Å²) in [5.41, 5.74) is 8.45. The summed E-state index contributed by atoms with van der Waals surface area (Å²) in [5.74, 6) is 1.62. The summed E-state index contributed by atoms with van der Waals surface area (Å²) >= 11 is 1.74. The molecule has 0 heterocycles. The van der Waals surface area contributed by atoms with Gasteiger partial charge in [0.05, 0.1) is 13.2 Å².